The summed E-state index contributed by atoms with van der Waals surface area (Å²) in [6, 6.07) is 7.26. The summed E-state index contributed by atoms with van der Waals surface area (Å²) < 4.78 is 0. The topological polar surface area (TPSA) is 44.4 Å². The van der Waals surface area contributed by atoms with Crippen molar-refractivity contribution in [1.82, 2.24) is 10.2 Å². The van der Waals surface area contributed by atoms with Crippen molar-refractivity contribution < 1.29 is 4.79 Å². The molecule has 2 N–H and O–H groups in total. The van der Waals surface area contributed by atoms with Gasteiger partial charge in [-0.05, 0) is 56.6 Å². The van der Waals surface area contributed by atoms with Gasteiger partial charge in [-0.25, -0.2) is 0 Å². The third-order valence-electron chi connectivity index (χ3n) is 3.76. The quantitative estimate of drug-likeness (QED) is 0.849. The van der Waals surface area contributed by atoms with Gasteiger partial charge < -0.3 is 10.6 Å². The first kappa shape index (κ1) is 16.3. The molecule has 0 spiro atoms. The van der Waals surface area contributed by atoms with E-state index in [2.05, 4.69) is 22.5 Å². The Kier molecular flexibility index (Phi) is 6.49. The largest absolute Gasteiger partial charge is 0.325 e. The lowest BCUT2D eigenvalue weighted by atomic mass is 9.98. The van der Waals surface area contributed by atoms with E-state index in [1.807, 2.05) is 12.1 Å². The van der Waals surface area contributed by atoms with Crippen LogP contribution in [0.4, 0.5) is 5.69 Å². The van der Waals surface area contributed by atoms with Crippen LogP contribution in [0.3, 0.4) is 0 Å². The maximum absolute atomic E-state index is 12.1. The van der Waals surface area contributed by atoms with Gasteiger partial charge in [0.05, 0.1) is 6.54 Å². The molecule has 0 radical (unpaired) electrons. The van der Waals surface area contributed by atoms with E-state index in [9.17, 15) is 4.79 Å². The molecule has 2 rings (SSSR count). The Bertz CT molecular complexity index is 467. The predicted molar refractivity (Wildman–Crippen MR) is 87.8 cm³/mol. The van der Waals surface area contributed by atoms with Gasteiger partial charge in [0.15, 0.2) is 0 Å². The summed E-state index contributed by atoms with van der Waals surface area (Å²) in [6.07, 6.45) is 2.42. The lowest BCUT2D eigenvalue weighted by Gasteiger charge is -2.32. The molecule has 1 saturated heterocycles. The zero-order valence-corrected chi connectivity index (χ0v) is 13.3. The highest BCUT2D eigenvalue weighted by Crippen LogP contribution is 2.17. The standard InChI is InChI=1S/C16H24ClN3O/c1-2-18-10-13-5-4-8-20(11-13)12-16(21)19-15-7-3-6-14(17)9-15/h3,6-7,9,13,18H,2,4-5,8,10-12H2,1H3,(H,19,21). The fourth-order valence-electron chi connectivity index (χ4n) is 2.78. The number of carbonyl (C=O) groups is 1. The molecule has 1 aromatic carbocycles. The summed E-state index contributed by atoms with van der Waals surface area (Å²) in [5.41, 5.74) is 0.758. The predicted octanol–water partition coefficient (Wildman–Crippen LogP) is 2.60. The minimum absolute atomic E-state index is 0.0290. The van der Waals surface area contributed by atoms with Crippen molar-refractivity contribution in [2.75, 3.05) is 38.0 Å². The van der Waals surface area contributed by atoms with E-state index >= 15 is 0 Å². The first-order chi connectivity index (χ1) is 10.2. The van der Waals surface area contributed by atoms with Crippen molar-refractivity contribution in [3.63, 3.8) is 0 Å². The Balaban J connectivity index is 1.79. The van der Waals surface area contributed by atoms with Crippen LogP contribution in [0.5, 0.6) is 0 Å². The molecule has 1 aliphatic rings. The van der Waals surface area contributed by atoms with Crippen molar-refractivity contribution in [2.24, 2.45) is 5.92 Å². The van der Waals surface area contributed by atoms with E-state index in [0.29, 0.717) is 17.5 Å². The third kappa shape index (κ3) is 5.65. The zero-order valence-electron chi connectivity index (χ0n) is 12.6. The molecule has 1 heterocycles. The second kappa shape index (κ2) is 8.37. The molecule has 1 fully saturated rings. The second-order valence-corrected chi connectivity index (χ2v) is 6.05. The molecule has 4 nitrogen and oxygen atoms in total. The van der Waals surface area contributed by atoms with Crippen LogP contribution in [0.2, 0.25) is 5.02 Å². The van der Waals surface area contributed by atoms with Crippen molar-refractivity contribution in [2.45, 2.75) is 19.8 Å². The van der Waals surface area contributed by atoms with Crippen molar-refractivity contribution >= 4 is 23.2 Å². The molecule has 1 atom stereocenters. The number of likely N-dealkylation sites (tertiary alicyclic amines) is 1. The van der Waals surface area contributed by atoms with E-state index in [1.165, 1.54) is 12.8 Å². The summed E-state index contributed by atoms with van der Waals surface area (Å²) in [7, 11) is 0. The van der Waals surface area contributed by atoms with Crippen LogP contribution in [-0.2, 0) is 4.79 Å². The molecular formula is C16H24ClN3O. The minimum atomic E-state index is 0.0290. The van der Waals surface area contributed by atoms with E-state index in [-0.39, 0.29) is 5.91 Å². The monoisotopic (exact) mass is 309 g/mol. The molecule has 1 aliphatic heterocycles. The fraction of sp³-hybridized carbons (Fsp3) is 0.562. The lowest BCUT2D eigenvalue weighted by Crippen LogP contribution is -2.43. The summed E-state index contributed by atoms with van der Waals surface area (Å²) in [5, 5.41) is 6.94. The zero-order chi connectivity index (χ0) is 15.1. The van der Waals surface area contributed by atoms with E-state index in [0.717, 1.165) is 31.9 Å². The smallest absolute Gasteiger partial charge is 0.238 e. The third-order valence-corrected chi connectivity index (χ3v) is 4.00. The van der Waals surface area contributed by atoms with Crippen LogP contribution < -0.4 is 10.6 Å². The SMILES string of the molecule is CCNCC1CCCN(CC(=O)Nc2cccc(Cl)c2)C1. The number of hydrogen-bond acceptors (Lipinski definition) is 3. The molecule has 21 heavy (non-hydrogen) atoms. The number of anilines is 1. The van der Waals surface area contributed by atoms with Crippen LogP contribution in [0.25, 0.3) is 0 Å². The van der Waals surface area contributed by atoms with E-state index in [1.54, 1.807) is 12.1 Å². The average molecular weight is 310 g/mol. The Morgan fingerprint density at radius 2 is 2.33 bits per heavy atom. The van der Waals surface area contributed by atoms with Gasteiger partial charge in [0.25, 0.3) is 0 Å². The van der Waals surface area contributed by atoms with Gasteiger partial charge in [-0.2, -0.15) is 0 Å². The number of amides is 1. The maximum Gasteiger partial charge on any atom is 0.238 e. The minimum Gasteiger partial charge on any atom is -0.325 e. The van der Waals surface area contributed by atoms with Crippen LogP contribution in [0.1, 0.15) is 19.8 Å². The molecule has 1 unspecified atom stereocenters. The van der Waals surface area contributed by atoms with Crippen molar-refractivity contribution in [3.05, 3.63) is 29.3 Å². The molecule has 0 aromatic heterocycles. The molecule has 116 valence electrons. The number of benzene rings is 1. The summed E-state index contributed by atoms with van der Waals surface area (Å²) in [6.45, 7) is 6.63. The van der Waals surface area contributed by atoms with Crippen LogP contribution in [-0.4, -0.2) is 43.5 Å². The molecule has 5 heteroatoms. The molecule has 1 amide bonds. The lowest BCUT2D eigenvalue weighted by molar-refractivity contribution is -0.117. The van der Waals surface area contributed by atoms with Crippen LogP contribution in [0.15, 0.2) is 24.3 Å². The van der Waals surface area contributed by atoms with E-state index in [4.69, 9.17) is 11.6 Å². The number of hydrogen-bond donors (Lipinski definition) is 2. The number of nitrogens with one attached hydrogen (secondary N) is 2. The van der Waals surface area contributed by atoms with E-state index < -0.39 is 0 Å². The Morgan fingerprint density at radius 1 is 1.48 bits per heavy atom. The van der Waals surface area contributed by atoms with Crippen LogP contribution in [0, 0.1) is 5.92 Å². The highest BCUT2D eigenvalue weighted by molar-refractivity contribution is 6.30. The molecule has 1 aromatic rings. The molecule has 0 aliphatic carbocycles. The second-order valence-electron chi connectivity index (χ2n) is 5.61. The maximum atomic E-state index is 12.1. The first-order valence-electron chi connectivity index (χ1n) is 7.66. The van der Waals surface area contributed by atoms with Gasteiger partial charge in [-0.15, -0.1) is 0 Å². The number of rotatable bonds is 6. The fourth-order valence-corrected chi connectivity index (χ4v) is 2.97. The number of halogens is 1. The number of carbonyl (C=O) groups excluding carboxylic acids is 1. The highest BCUT2D eigenvalue weighted by atomic mass is 35.5. The number of piperidine rings is 1. The van der Waals surface area contributed by atoms with Gasteiger partial charge in [0.2, 0.25) is 5.91 Å². The Hall–Kier alpha value is -1.10. The summed E-state index contributed by atoms with van der Waals surface area (Å²) >= 11 is 5.92. The highest BCUT2D eigenvalue weighted by Gasteiger charge is 2.21. The molecular weight excluding hydrogens is 286 g/mol. The van der Waals surface area contributed by atoms with Crippen molar-refractivity contribution in [3.8, 4) is 0 Å². The summed E-state index contributed by atoms with van der Waals surface area (Å²) in [4.78, 5) is 14.3. The normalized spacial score (nSPS) is 19.4. The van der Waals surface area contributed by atoms with Gasteiger partial charge >= 0.3 is 0 Å². The summed E-state index contributed by atoms with van der Waals surface area (Å²) in [5.74, 6) is 0.680. The van der Waals surface area contributed by atoms with Gasteiger partial charge in [-0.3, -0.25) is 9.69 Å². The van der Waals surface area contributed by atoms with Crippen LogP contribution >= 0.6 is 11.6 Å². The first-order valence-corrected chi connectivity index (χ1v) is 8.03. The molecule has 0 saturated carbocycles. The van der Waals surface area contributed by atoms with Crippen molar-refractivity contribution in [1.29, 1.82) is 0 Å². The average Bonchev–Trinajstić information content (AvgIpc) is 2.45. The Morgan fingerprint density at radius 3 is 3.10 bits per heavy atom. The Labute approximate surface area is 131 Å². The molecule has 0 bridgehead atoms. The van der Waals surface area contributed by atoms with Gasteiger partial charge in [0.1, 0.15) is 0 Å². The van der Waals surface area contributed by atoms with Gasteiger partial charge in [-0.1, -0.05) is 24.6 Å². The van der Waals surface area contributed by atoms with Gasteiger partial charge in [0, 0.05) is 17.3 Å². The number of nitrogens with zero attached hydrogens (tertiary/aromatic N) is 1.